The topological polar surface area (TPSA) is 90.2 Å². The maximum absolute atomic E-state index is 10.2. The van der Waals surface area contributed by atoms with Gasteiger partial charge in [-0.25, -0.2) is 0 Å². The van der Waals surface area contributed by atoms with Crippen LogP contribution < -0.4 is 0 Å². The van der Waals surface area contributed by atoms with E-state index in [1.54, 1.807) is 0 Å². The van der Waals surface area contributed by atoms with Crippen LogP contribution in [0.3, 0.4) is 0 Å². The van der Waals surface area contributed by atoms with Crippen LogP contribution in [0.2, 0.25) is 0 Å². The molecule has 0 spiro atoms. The molecule has 4 unspecified atom stereocenters. The van der Waals surface area contributed by atoms with Gasteiger partial charge in [-0.2, -0.15) is 0 Å². The van der Waals surface area contributed by atoms with E-state index in [1.165, 1.54) is 180 Å². The number of rotatable bonds is 40. The molecule has 0 aliphatic heterocycles. The Balaban J connectivity index is 4.13. The van der Waals surface area contributed by atoms with Crippen molar-refractivity contribution in [3.05, 3.63) is 0 Å². The van der Waals surface area contributed by atoms with E-state index in [4.69, 9.17) is 4.74 Å². The molecule has 0 fully saturated rings. The predicted octanol–water partition coefficient (Wildman–Crippen LogP) is 11.7. The molecule has 0 aliphatic carbocycles. The molecule has 0 bridgehead atoms. The van der Waals surface area contributed by atoms with Gasteiger partial charge in [0.25, 0.3) is 0 Å². The van der Waals surface area contributed by atoms with Gasteiger partial charge in [0.05, 0.1) is 37.6 Å². The van der Waals surface area contributed by atoms with E-state index in [9.17, 15) is 20.4 Å². The molecule has 4 atom stereocenters. The molecule has 284 valence electrons. The molecular weight excluding hydrogens is 584 g/mol. The Kier molecular flexibility index (Phi) is 38.4. The Bertz CT molecular complexity index is 525. The van der Waals surface area contributed by atoms with Crippen molar-refractivity contribution < 1.29 is 25.2 Å². The molecule has 5 nitrogen and oxygen atoms in total. The van der Waals surface area contributed by atoms with Crippen LogP contribution in [0.5, 0.6) is 0 Å². The van der Waals surface area contributed by atoms with Gasteiger partial charge in [0, 0.05) is 12.8 Å². The molecule has 4 N–H and O–H groups in total. The summed E-state index contributed by atoms with van der Waals surface area (Å²) >= 11 is 0. The Morgan fingerprint density at radius 3 is 0.766 bits per heavy atom. The van der Waals surface area contributed by atoms with Gasteiger partial charge in [0.1, 0.15) is 0 Å². The van der Waals surface area contributed by atoms with Crippen LogP contribution in [0.25, 0.3) is 0 Å². The average molecular weight is 671 g/mol. The first-order valence-corrected chi connectivity index (χ1v) is 21.3. The van der Waals surface area contributed by atoms with Crippen molar-refractivity contribution in [2.75, 3.05) is 13.2 Å². The fourth-order valence-corrected chi connectivity index (χ4v) is 7.00. The molecule has 0 heterocycles. The second kappa shape index (κ2) is 38.6. The highest BCUT2D eigenvalue weighted by atomic mass is 16.5. The van der Waals surface area contributed by atoms with Crippen LogP contribution in [-0.2, 0) is 4.74 Å². The maximum atomic E-state index is 10.2. The first-order valence-electron chi connectivity index (χ1n) is 21.3. The van der Waals surface area contributed by atoms with Gasteiger partial charge in [-0.3, -0.25) is 0 Å². The Morgan fingerprint density at radius 2 is 0.553 bits per heavy atom. The Morgan fingerprint density at radius 1 is 0.340 bits per heavy atom. The van der Waals surface area contributed by atoms with Crippen molar-refractivity contribution in [1.29, 1.82) is 0 Å². The first kappa shape index (κ1) is 46.8. The predicted molar refractivity (Wildman–Crippen MR) is 203 cm³/mol. The number of ether oxygens (including phenoxy) is 1. The molecule has 47 heavy (non-hydrogen) atoms. The maximum Gasteiger partial charge on any atom is 0.0795 e. The molecule has 0 rings (SSSR count). The lowest BCUT2D eigenvalue weighted by molar-refractivity contribution is -0.0712. The molecule has 0 aromatic heterocycles. The fourth-order valence-electron chi connectivity index (χ4n) is 7.00. The van der Waals surface area contributed by atoms with Gasteiger partial charge < -0.3 is 25.2 Å². The standard InChI is InChI=1S/C42H86O5/c1-3-5-7-9-11-13-15-17-19-21-23-25-27-29-31-33-41(35-39(45)37-43)47-42(36-40(46)38-44)34-32-30-28-26-24-22-20-18-16-14-12-10-8-6-4-2/h39-46H,3-38H2,1-2H3. The second-order valence-electron chi connectivity index (χ2n) is 15.0. The Labute approximate surface area is 294 Å². The molecule has 0 saturated carbocycles. The Hall–Kier alpha value is -0.200. The van der Waals surface area contributed by atoms with E-state index >= 15 is 0 Å². The summed E-state index contributed by atoms with van der Waals surface area (Å²) in [5, 5.41) is 39.3. The smallest absolute Gasteiger partial charge is 0.0795 e. The molecular formula is C42H86O5. The third kappa shape index (κ3) is 35.4. The van der Waals surface area contributed by atoms with Crippen molar-refractivity contribution in [3.8, 4) is 0 Å². The fraction of sp³-hybridized carbons (Fsp3) is 1.00. The third-order valence-corrected chi connectivity index (χ3v) is 10.1. The van der Waals surface area contributed by atoms with Crippen LogP contribution in [-0.4, -0.2) is 58.1 Å². The van der Waals surface area contributed by atoms with Gasteiger partial charge in [-0.05, 0) is 12.8 Å². The lowest BCUT2D eigenvalue weighted by Gasteiger charge is -2.28. The lowest BCUT2D eigenvalue weighted by atomic mass is 10.00. The zero-order valence-corrected chi connectivity index (χ0v) is 32.0. The van der Waals surface area contributed by atoms with Gasteiger partial charge in [-0.1, -0.05) is 206 Å². The van der Waals surface area contributed by atoms with Gasteiger partial charge >= 0.3 is 0 Å². The summed E-state index contributed by atoms with van der Waals surface area (Å²) in [6, 6.07) is 0. The second-order valence-corrected chi connectivity index (χ2v) is 15.0. The zero-order chi connectivity index (χ0) is 34.5. The minimum absolute atomic E-state index is 0.119. The molecule has 5 heteroatoms. The number of hydrogen-bond donors (Lipinski definition) is 4. The highest BCUT2D eigenvalue weighted by Gasteiger charge is 2.22. The van der Waals surface area contributed by atoms with Crippen LogP contribution in [0, 0.1) is 0 Å². The van der Waals surface area contributed by atoms with Crippen molar-refractivity contribution in [3.63, 3.8) is 0 Å². The number of aliphatic hydroxyl groups is 4. The number of aliphatic hydroxyl groups excluding tert-OH is 4. The van der Waals surface area contributed by atoms with Crippen molar-refractivity contribution in [1.82, 2.24) is 0 Å². The van der Waals surface area contributed by atoms with Crippen LogP contribution in [0.4, 0.5) is 0 Å². The van der Waals surface area contributed by atoms with Crippen LogP contribution in [0.15, 0.2) is 0 Å². The zero-order valence-electron chi connectivity index (χ0n) is 32.0. The van der Waals surface area contributed by atoms with Gasteiger partial charge in [-0.15, -0.1) is 0 Å². The molecule has 0 aromatic carbocycles. The van der Waals surface area contributed by atoms with E-state index in [2.05, 4.69) is 13.8 Å². The normalized spacial score (nSPS) is 14.4. The summed E-state index contributed by atoms with van der Waals surface area (Å²) in [5.74, 6) is 0. The third-order valence-electron chi connectivity index (χ3n) is 10.1. The summed E-state index contributed by atoms with van der Waals surface area (Å²) in [6.45, 7) is 4.06. The summed E-state index contributed by atoms with van der Waals surface area (Å²) < 4.78 is 6.49. The van der Waals surface area contributed by atoms with Crippen molar-refractivity contribution in [2.45, 2.75) is 257 Å². The average Bonchev–Trinajstić information content (AvgIpc) is 3.07. The molecule has 0 radical (unpaired) electrons. The highest BCUT2D eigenvalue weighted by molar-refractivity contribution is 4.71. The molecule has 0 amide bonds. The minimum atomic E-state index is -0.773. The van der Waals surface area contributed by atoms with E-state index in [0.717, 1.165) is 25.7 Å². The summed E-state index contributed by atoms with van der Waals surface area (Å²) in [5.41, 5.74) is 0. The van der Waals surface area contributed by atoms with E-state index in [-0.39, 0.29) is 25.4 Å². The molecule has 0 aromatic rings. The van der Waals surface area contributed by atoms with E-state index in [0.29, 0.717) is 12.8 Å². The minimum Gasteiger partial charge on any atom is -0.394 e. The SMILES string of the molecule is CCCCCCCCCCCCCCCCCC(CC(O)CO)OC(CCCCCCCCCCCCCCCCC)CC(O)CO. The summed E-state index contributed by atoms with van der Waals surface area (Å²) in [7, 11) is 0. The monoisotopic (exact) mass is 671 g/mol. The largest absolute Gasteiger partial charge is 0.394 e. The summed E-state index contributed by atoms with van der Waals surface area (Å²) in [6.07, 6.45) is 40.9. The highest BCUT2D eigenvalue weighted by Crippen LogP contribution is 2.22. The number of hydrogen-bond acceptors (Lipinski definition) is 5. The molecule has 0 aliphatic rings. The number of unbranched alkanes of at least 4 members (excludes halogenated alkanes) is 28. The van der Waals surface area contributed by atoms with Crippen molar-refractivity contribution >= 4 is 0 Å². The van der Waals surface area contributed by atoms with Gasteiger partial charge in [0.15, 0.2) is 0 Å². The van der Waals surface area contributed by atoms with E-state index < -0.39 is 12.2 Å². The van der Waals surface area contributed by atoms with Crippen LogP contribution in [0.1, 0.15) is 232 Å². The van der Waals surface area contributed by atoms with E-state index in [1.807, 2.05) is 0 Å². The first-order chi connectivity index (χ1) is 23.1. The lowest BCUT2D eigenvalue weighted by Crippen LogP contribution is -2.31. The molecule has 0 saturated heterocycles. The van der Waals surface area contributed by atoms with Crippen LogP contribution >= 0.6 is 0 Å². The van der Waals surface area contributed by atoms with Gasteiger partial charge in [0.2, 0.25) is 0 Å². The summed E-state index contributed by atoms with van der Waals surface area (Å²) in [4.78, 5) is 0. The quantitative estimate of drug-likeness (QED) is 0.0487. The van der Waals surface area contributed by atoms with Crippen molar-refractivity contribution in [2.24, 2.45) is 0 Å².